The summed E-state index contributed by atoms with van der Waals surface area (Å²) in [7, 11) is 1.68. The zero-order valence-electron chi connectivity index (χ0n) is 30.2. The Morgan fingerprint density at radius 1 is 1.08 bits per heavy atom. The lowest BCUT2D eigenvalue weighted by molar-refractivity contribution is -0.0909. The van der Waals surface area contributed by atoms with Crippen LogP contribution < -0.4 is 5.32 Å². The second-order valence-corrected chi connectivity index (χ2v) is 15.2. The molecule has 1 aliphatic rings. The monoisotopic (exact) mass is 752 g/mol. The van der Waals surface area contributed by atoms with Gasteiger partial charge in [-0.3, -0.25) is 0 Å². The number of rotatable bonds is 14. The highest BCUT2D eigenvalue weighted by Crippen LogP contribution is 2.52. The van der Waals surface area contributed by atoms with Crippen molar-refractivity contribution in [2.75, 3.05) is 45.4 Å². The molecule has 1 saturated heterocycles. The van der Waals surface area contributed by atoms with Gasteiger partial charge in [-0.05, 0) is 64.1 Å². The highest BCUT2D eigenvalue weighted by atomic mass is 79.9. The number of carboxylic acid groups (broad SMARTS) is 1. The summed E-state index contributed by atoms with van der Waals surface area (Å²) in [6.07, 6.45) is -0.549. The quantitative estimate of drug-likeness (QED) is 0.143. The molecule has 0 saturated carbocycles. The number of methoxy groups -OCH3 is 1. The first kappa shape index (κ1) is 39.3. The largest absolute Gasteiger partial charge is 0.465 e. The first-order valence-electron chi connectivity index (χ1n) is 17.3. The molecule has 1 heterocycles. The van der Waals surface area contributed by atoms with E-state index in [0.717, 1.165) is 38.9 Å². The van der Waals surface area contributed by atoms with Crippen molar-refractivity contribution in [2.45, 2.75) is 71.6 Å². The normalized spacial score (nSPS) is 20.0. The summed E-state index contributed by atoms with van der Waals surface area (Å²) >= 11 is 3.26. The maximum Gasteiger partial charge on any atom is 0.407 e. The van der Waals surface area contributed by atoms with E-state index < -0.39 is 35.2 Å². The fourth-order valence-electron chi connectivity index (χ4n) is 7.25. The van der Waals surface area contributed by atoms with Gasteiger partial charge < -0.3 is 34.6 Å². The minimum atomic E-state index is -1.32. The molecule has 0 spiro atoms. The highest BCUT2D eigenvalue weighted by Gasteiger charge is 2.54. The van der Waals surface area contributed by atoms with Crippen LogP contribution in [0.2, 0.25) is 0 Å². The Morgan fingerprint density at radius 3 is 2.44 bits per heavy atom. The van der Waals surface area contributed by atoms with Crippen LogP contribution in [0, 0.1) is 18.3 Å². The number of amides is 2. The third kappa shape index (κ3) is 9.66. The minimum absolute atomic E-state index is 0.217. The Kier molecular flexibility index (Phi) is 13.9. The highest BCUT2D eigenvalue weighted by molar-refractivity contribution is 9.09. The van der Waals surface area contributed by atoms with Gasteiger partial charge in [-0.1, -0.05) is 110 Å². The fourth-order valence-corrected chi connectivity index (χ4v) is 7.42. The van der Waals surface area contributed by atoms with E-state index in [-0.39, 0.29) is 18.9 Å². The first-order valence-corrected chi connectivity index (χ1v) is 18.5. The van der Waals surface area contributed by atoms with E-state index in [1.807, 2.05) is 64.1 Å². The smallest absolute Gasteiger partial charge is 0.407 e. The van der Waals surface area contributed by atoms with Crippen molar-refractivity contribution in [1.82, 2.24) is 10.2 Å². The van der Waals surface area contributed by atoms with E-state index in [0.29, 0.717) is 44.7 Å². The Morgan fingerprint density at radius 2 is 1.80 bits per heavy atom. The SMILES string of the molecule is COC[C@H](C)COCc1ccc([C@@]2(O)CCN(C(=O)O)C(C(C)(C)C)[C@@H]2c2ccc(-c3ccccc3CCNC(=O)OCCBr)cc2C)cc1. The number of nitrogens with one attached hydrogen (secondary N) is 1. The number of benzene rings is 3. The van der Waals surface area contributed by atoms with Crippen LogP contribution in [0.3, 0.4) is 0 Å². The van der Waals surface area contributed by atoms with Gasteiger partial charge in [0, 0.05) is 43.4 Å². The molecule has 3 aromatic rings. The number of piperidine rings is 1. The molecular weight excluding hydrogens is 700 g/mol. The molecule has 0 radical (unpaired) electrons. The van der Waals surface area contributed by atoms with E-state index >= 15 is 0 Å². The third-order valence-electron chi connectivity index (χ3n) is 9.52. The molecule has 1 aliphatic heterocycles. The zero-order valence-corrected chi connectivity index (χ0v) is 31.8. The number of nitrogens with zero attached hydrogens (tertiary/aromatic N) is 1. The van der Waals surface area contributed by atoms with Crippen LogP contribution in [0.4, 0.5) is 9.59 Å². The zero-order chi connectivity index (χ0) is 36.5. The van der Waals surface area contributed by atoms with Gasteiger partial charge in [-0.2, -0.15) is 0 Å². The lowest BCUT2D eigenvalue weighted by Crippen LogP contribution is -2.60. The van der Waals surface area contributed by atoms with Crippen LogP contribution in [0.25, 0.3) is 11.1 Å². The summed E-state index contributed by atoms with van der Waals surface area (Å²) < 4.78 is 16.2. The van der Waals surface area contributed by atoms with Gasteiger partial charge in [0.2, 0.25) is 0 Å². The van der Waals surface area contributed by atoms with Crippen molar-refractivity contribution < 1.29 is 34.0 Å². The van der Waals surface area contributed by atoms with Crippen molar-refractivity contribution in [3.63, 3.8) is 0 Å². The van der Waals surface area contributed by atoms with E-state index in [1.165, 1.54) is 4.90 Å². The number of carbonyl (C=O) groups excluding carboxylic acids is 1. The summed E-state index contributed by atoms with van der Waals surface area (Å²) in [6.45, 7) is 12.9. The molecule has 4 rings (SSSR count). The Labute approximate surface area is 305 Å². The molecular formula is C40H53BrN2O7. The molecule has 50 heavy (non-hydrogen) atoms. The summed E-state index contributed by atoms with van der Waals surface area (Å²) in [6, 6.07) is 21.7. The Bertz CT molecular complexity index is 1570. The predicted molar refractivity (Wildman–Crippen MR) is 200 cm³/mol. The molecule has 272 valence electrons. The summed E-state index contributed by atoms with van der Waals surface area (Å²) in [5.74, 6) is -0.252. The van der Waals surface area contributed by atoms with E-state index in [1.54, 1.807) is 7.11 Å². The number of aryl methyl sites for hydroxylation is 1. The van der Waals surface area contributed by atoms with Gasteiger partial charge in [0.05, 0.1) is 19.8 Å². The number of alkyl halides is 1. The molecule has 0 aromatic heterocycles. The first-order chi connectivity index (χ1) is 23.8. The van der Waals surface area contributed by atoms with Crippen LogP contribution in [0.5, 0.6) is 0 Å². The van der Waals surface area contributed by atoms with Crippen molar-refractivity contribution >= 4 is 28.1 Å². The van der Waals surface area contributed by atoms with Crippen LogP contribution in [-0.4, -0.2) is 78.7 Å². The Hall–Kier alpha value is -3.44. The minimum Gasteiger partial charge on any atom is -0.465 e. The van der Waals surface area contributed by atoms with Crippen LogP contribution in [0.1, 0.15) is 67.9 Å². The molecule has 10 heteroatoms. The van der Waals surface area contributed by atoms with Gasteiger partial charge in [-0.15, -0.1) is 0 Å². The second-order valence-electron chi connectivity index (χ2n) is 14.4. The summed E-state index contributed by atoms with van der Waals surface area (Å²) in [4.78, 5) is 26.2. The van der Waals surface area contributed by atoms with Crippen LogP contribution in [0.15, 0.2) is 66.7 Å². The molecule has 0 aliphatic carbocycles. The van der Waals surface area contributed by atoms with Gasteiger partial charge >= 0.3 is 12.2 Å². The van der Waals surface area contributed by atoms with Gasteiger partial charge in [0.1, 0.15) is 12.2 Å². The molecule has 1 unspecified atom stereocenters. The fraction of sp³-hybridized carbons (Fsp3) is 0.500. The molecule has 3 N–H and O–H groups in total. The van der Waals surface area contributed by atoms with E-state index in [4.69, 9.17) is 14.2 Å². The Balaban J connectivity index is 1.68. The lowest BCUT2D eigenvalue weighted by Gasteiger charge is -2.54. The molecule has 9 nitrogen and oxygen atoms in total. The van der Waals surface area contributed by atoms with E-state index in [9.17, 15) is 19.8 Å². The van der Waals surface area contributed by atoms with Gasteiger partial charge in [-0.25, -0.2) is 9.59 Å². The standard InChI is InChI=1S/C40H53BrN2O7/c1-27(24-48-6)25-49-26-29-11-14-32(15-12-29)40(47)18-21-43(38(45)46)36(39(3,4)5)35(40)33-16-13-31(23-28(33)2)34-10-8-7-9-30(34)17-20-42-37(44)50-22-19-41/h7-16,23,27,35-36,47H,17-22,24-26H2,1-6H3,(H,42,44)(H,45,46)/t27-,35-,36?,40-/m0/s1. The lowest BCUT2D eigenvalue weighted by atomic mass is 9.62. The number of halogens is 1. The van der Waals surface area contributed by atoms with Gasteiger partial charge in [0.25, 0.3) is 0 Å². The summed E-state index contributed by atoms with van der Waals surface area (Å²) in [5, 5.41) is 26.6. The average molecular weight is 754 g/mol. The molecule has 0 bridgehead atoms. The van der Waals surface area contributed by atoms with E-state index in [2.05, 4.69) is 58.5 Å². The number of aliphatic hydroxyl groups is 1. The number of hydrogen-bond acceptors (Lipinski definition) is 6. The predicted octanol–water partition coefficient (Wildman–Crippen LogP) is 7.89. The van der Waals surface area contributed by atoms with Crippen LogP contribution in [-0.2, 0) is 32.8 Å². The van der Waals surface area contributed by atoms with Crippen molar-refractivity contribution in [2.24, 2.45) is 11.3 Å². The average Bonchev–Trinajstić information content (AvgIpc) is 3.07. The summed E-state index contributed by atoms with van der Waals surface area (Å²) in [5.41, 5.74) is 4.97. The maximum atomic E-state index is 12.8. The molecule has 2 amide bonds. The third-order valence-corrected chi connectivity index (χ3v) is 9.84. The van der Waals surface area contributed by atoms with Gasteiger partial charge in [0.15, 0.2) is 0 Å². The van der Waals surface area contributed by atoms with Crippen LogP contribution >= 0.6 is 15.9 Å². The number of ether oxygens (including phenoxy) is 3. The second kappa shape index (κ2) is 17.7. The molecule has 1 fully saturated rings. The van der Waals surface area contributed by atoms with Crippen molar-refractivity contribution in [1.29, 1.82) is 0 Å². The molecule has 3 aromatic carbocycles. The van der Waals surface area contributed by atoms with Crippen molar-refractivity contribution in [3.05, 3.63) is 94.5 Å². The van der Waals surface area contributed by atoms with Crippen molar-refractivity contribution in [3.8, 4) is 11.1 Å². The number of hydrogen-bond donors (Lipinski definition) is 3. The number of likely N-dealkylation sites (tertiary alicyclic amines) is 1. The number of alkyl carbamates (subject to hydrolysis) is 1. The number of carbonyl (C=O) groups is 2. The maximum absolute atomic E-state index is 12.8. The topological polar surface area (TPSA) is 118 Å². The molecule has 4 atom stereocenters.